The quantitative estimate of drug-likeness (QED) is 0.794. The summed E-state index contributed by atoms with van der Waals surface area (Å²) < 4.78 is 40.3. The van der Waals surface area contributed by atoms with Gasteiger partial charge in [0.25, 0.3) is 0 Å². The molecule has 0 heterocycles. The summed E-state index contributed by atoms with van der Waals surface area (Å²) in [6, 6.07) is 12.7. The van der Waals surface area contributed by atoms with Crippen LogP contribution in [-0.4, -0.2) is 34.0 Å². The number of benzene rings is 2. The maximum Gasteiger partial charge on any atom is 0.233 e. The van der Waals surface area contributed by atoms with Crippen molar-refractivity contribution in [3.05, 3.63) is 75.9 Å². The molecule has 1 N–H and O–H groups in total. The van der Waals surface area contributed by atoms with Gasteiger partial charge in [-0.25, -0.2) is 17.5 Å². The summed E-state index contributed by atoms with van der Waals surface area (Å²) in [5.41, 5.74) is 1.43. The van der Waals surface area contributed by atoms with Gasteiger partial charge >= 0.3 is 0 Å². The standard InChI is InChI=1S/C18H20ClFN2O2S/c1-22(2)18(15-4-3-5-17(20)12-15)13-21-25(23,24)11-10-14-6-8-16(19)9-7-14/h3-12,18,21H,13H2,1-2H3. The molecule has 0 fully saturated rings. The molecule has 0 saturated heterocycles. The second-order valence-electron chi connectivity index (χ2n) is 5.78. The summed E-state index contributed by atoms with van der Waals surface area (Å²) >= 11 is 5.80. The third kappa shape index (κ3) is 6.25. The Kier molecular flexibility index (Phi) is 6.72. The maximum absolute atomic E-state index is 13.4. The smallest absolute Gasteiger partial charge is 0.233 e. The van der Waals surface area contributed by atoms with Crippen LogP contribution in [0.1, 0.15) is 17.2 Å². The Bertz CT molecular complexity index is 836. The summed E-state index contributed by atoms with van der Waals surface area (Å²) in [5, 5.41) is 1.69. The van der Waals surface area contributed by atoms with Gasteiger partial charge in [-0.2, -0.15) is 0 Å². The van der Waals surface area contributed by atoms with Gasteiger partial charge in [0.05, 0.1) is 0 Å². The highest BCUT2D eigenvalue weighted by molar-refractivity contribution is 7.92. The van der Waals surface area contributed by atoms with Crippen LogP contribution < -0.4 is 4.72 Å². The van der Waals surface area contributed by atoms with E-state index in [1.165, 1.54) is 18.2 Å². The zero-order valence-corrected chi connectivity index (χ0v) is 15.6. The van der Waals surface area contributed by atoms with Crippen LogP contribution in [0.15, 0.2) is 53.9 Å². The molecule has 0 bridgehead atoms. The van der Waals surface area contributed by atoms with E-state index in [9.17, 15) is 12.8 Å². The lowest BCUT2D eigenvalue weighted by molar-refractivity contribution is 0.299. The van der Waals surface area contributed by atoms with Crippen LogP contribution in [0.3, 0.4) is 0 Å². The molecular weight excluding hydrogens is 363 g/mol. The van der Waals surface area contributed by atoms with Gasteiger partial charge in [0.2, 0.25) is 10.0 Å². The molecule has 0 aromatic heterocycles. The van der Waals surface area contributed by atoms with E-state index in [0.29, 0.717) is 10.6 Å². The molecule has 25 heavy (non-hydrogen) atoms. The van der Waals surface area contributed by atoms with Gasteiger partial charge in [-0.1, -0.05) is 35.9 Å². The first kappa shape index (κ1) is 19.6. The fraction of sp³-hybridized carbons (Fsp3) is 0.222. The number of likely N-dealkylation sites (N-methyl/N-ethyl adjacent to an activating group) is 1. The Balaban J connectivity index is 2.07. The first-order valence-corrected chi connectivity index (χ1v) is 9.54. The Morgan fingerprint density at radius 1 is 1.20 bits per heavy atom. The number of halogens is 2. The Morgan fingerprint density at radius 3 is 2.48 bits per heavy atom. The van der Waals surface area contributed by atoms with E-state index in [2.05, 4.69) is 4.72 Å². The van der Waals surface area contributed by atoms with Crippen LogP contribution >= 0.6 is 11.6 Å². The average Bonchev–Trinajstić information content (AvgIpc) is 2.54. The highest BCUT2D eigenvalue weighted by Gasteiger charge is 2.17. The monoisotopic (exact) mass is 382 g/mol. The van der Waals surface area contributed by atoms with Gasteiger partial charge in [0.1, 0.15) is 5.82 Å². The molecule has 0 amide bonds. The first-order valence-electron chi connectivity index (χ1n) is 7.62. The van der Waals surface area contributed by atoms with Crippen molar-refractivity contribution in [2.24, 2.45) is 0 Å². The fourth-order valence-electron chi connectivity index (χ4n) is 2.30. The molecule has 0 radical (unpaired) electrons. The number of hydrogen-bond donors (Lipinski definition) is 1. The molecule has 134 valence electrons. The molecule has 2 aromatic carbocycles. The lowest BCUT2D eigenvalue weighted by Gasteiger charge is -2.24. The molecular formula is C18H20ClFN2O2S. The average molecular weight is 383 g/mol. The molecule has 0 aliphatic rings. The fourth-order valence-corrected chi connectivity index (χ4v) is 3.25. The van der Waals surface area contributed by atoms with Crippen molar-refractivity contribution in [2.75, 3.05) is 20.6 Å². The highest BCUT2D eigenvalue weighted by atomic mass is 35.5. The highest BCUT2D eigenvalue weighted by Crippen LogP contribution is 2.18. The zero-order valence-electron chi connectivity index (χ0n) is 14.0. The van der Waals surface area contributed by atoms with Crippen molar-refractivity contribution >= 4 is 27.7 Å². The lowest BCUT2D eigenvalue weighted by atomic mass is 10.1. The summed E-state index contributed by atoms with van der Waals surface area (Å²) in [7, 11) is 0.00527. The number of hydrogen-bond acceptors (Lipinski definition) is 3. The van der Waals surface area contributed by atoms with Crippen molar-refractivity contribution in [3.63, 3.8) is 0 Å². The van der Waals surface area contributed by atoms with Crippen LogP contribution in [0.2, 0.25) is 5.02 Å². The van der Waals surface area contributed by atoms with Crippen LogP contribution in [0.25, 0.3) is 6.08 Å². The van der Waals surface area contributed by atoms with Gasteiger partial charge in [0.15, 0.2) is 0 Å². The summed E-state index contributed by atoms with van der Waals surface area (Å²) in [6.07, 6.45) is 1.49. The topological polar surface area (TPSA) is 49.4 Å². The van der Waals surface area contributed by atoms with E-state index < -0.39 is 10.0 Å². The lowest BCUT2D eigenvalue weighted by Crippen LogP contribution is -2.33. The summed E-state index contributed by atoms with van der Waals surface area (Å²) in [6.45, 7) is 0.129. The Hall–Kier alpha value is -1.73. The number of nitrogens with one attached hydrogen (secondary N) is 1. The molecule has 2 aromatic rings. The van der Waals surface area contributed by atoms with E-state index >= 15 is 0 Å². The second-order valence-corrected chi connectivity index (χ2v) is 7.87. The van der Waals surface area contributed by atoms with Crippen molar-refractivity contribution in [2.45, 2.75) is 6.04 Å². The van der Waals surface area contributed by atoms with E-state index in [1.807, 2.05) is 19.0 Å². The van der Waals surface area contributed by atoms with E-state index in [-0.39, 0.29) is 18.4 Å². The van der Waals surface area contributed by atoms with Crippen molar-refractivity contribution in [1.82, 2.24) is 9.62 Å². The van der Waals surface area contributed by atoms with Gasteiger partial charge in [-0.05, 0) is 55.6 Å². The van der Waals surface area contributed by atoms with Gasteiger partial charge < -0.3 is 4.90 Å². The second kappa shape index (κ2) is 8.58. The van der Waals surface area contributed by atoms with Gasteiger partial charge in [-0.15, -0.1) is 0 Å². The van der Waals surface area contributed by atoms with Crippen molar-refractivity contribution in [1.29, 1.82) is 0 Å². The van der Waals surface area contributed by atoms with Gasteiger partial charge in [0, 0.05) is 23.0 Å². The largest absolute Gasteiger partial charge is 0.301 e. The SMILES string of the molecule is CN(C)C(CNS(=O)(=O)C=Cc1ccc(Cl)cc1)c1cccc(F)c1. The maximum atomic E-state index is 13.4. The first-order chi connectivity index (χ1) is 11.8. The van der Waals surface area contributed by atoms with E-state index in [4.69, 9.17) is 11.6 Å². The van der Waals surface area contributed by atoms with Crippen LogP contribution in [-0.2, 0) is 10.0 Å². The number of sulfonamides is 1. The normalized spacial score (nSPS) is 13.5. The molecule has 1 atom stereocenters. The molecule has 2 rings (SSSR count). The van der Waals surface area contributed by atoms with Crippen LogP contribution in [0.4, 0.5) is 4.39 Å². The predicted molar refractivity (Wildman–Crippen MR) is 100 cm³/mol. The minimum absolute atomic E-state index is 0.129. The molecule has 1 unspecified atom stereocenters. The Morgan fingerprint density at radius 2 is 1.88 bits per heavy atom. The minimum Gasteiger partial charge on any atom is -0.301 e. The molecule has 7 heteroatoms. The van der Waals surface area contributed by atoms with Crippen molar-refractivity contribution < 1.29 is 12.8 Å². The minimum atomic E-state index is -3.62. The molecule has 0 aliphatic carbocycles. The number of nitrogens with zero attached hydrogens (tertiary/aromatic N) is 1. The Labute approximate surface area is 153 Å². The van der Waals surface area contributed by atoms with Crippen LogP contribution in [0, 0.1) is 5.82 Å². The van der Waals surface area contributed by atoms with Crippen LogP contribution in [0.5, 0.6) is 0 Å². The molecule has 0 saturated carbocycles. The zero-order chi connectivity index (χ0) is 18.4. The summed E-state index contributed by atoms with van der Waals surface area (Å²) in [5.74, 6) is -0.352. The number of rotatable bonds is 7. The van der Waals surface area contributed by atoms with Gasteiger partial charge in [-0.3, -0.25) is 0 Å². The third-order valence-electron chi connectivity index (χ3n) is 3.64. The molecule has 0 aliphatic heterocycles. The summed E-state index contributed by atoms with van der Waals surface area (Å²) in [4.78, 5) is 1.83. The van der Waals surface area contributed by atoms with E-state index in [1.54, 1.807) is 36.4 Å². The molecule has 0 spiro atoms. The molecule has 4 nitrogen and oxygen atoms in total. The van der Waals surface area contributed by atoms with E-state index in [0.717, 1.165) is 11.0 Å². The predicted octanol–water partition coefficient (Wildman–Crippen LogP) is 3.67. The van der Waals surface area contributed by atoms with Crippen molar-refractivity contribution in [3.8, 4) is 0 Å². The third-order valence-corrected chi connectivity index (χ3v) is 4.96.